The zero-order chi connectivity index (χ0) is 10.3. The molecule has 2 heteroatoms. The summed E-state index contributed by atoms with van der Waals surface area (Å²) in [5.41, 5.74) is 0. The van der Waals surface area contributed by atoms with Gasteiger partial charge in [0.1, 0.15) is 0 Å². The van der Waals surface area contributed by atoms with Crippen LogP contribution >= 0.6 is 0 Å². The van der Waals surface area contributed by atoms with E-state index in [1.54, 1.807) is 6.92 Å². The second kappa shape index (κ2) is 7.34. The van der Waals surface area contributed by atoms with Gasteiger partial charge < -0.3 is 10.4 Å². The molecule has 80 valence electrons. The molecule has 0 aromatic carbocycles. The lowest BCUT2D eigenvalue weighted by Crippen LogP contribution is -2.42. The molecule has 13 heavy (non-hydrogen) atoms. The predicted octanol–water partition coefficient (Wildman–Crippen LogP) is 2.03. The lowest BCUT2D eigenvalue weighted by Gasteiger charge is -2.37. The highest BCUT2D eigenvalue weighted by molar-refractivity contribution is 4.85. The van der Waals surface area contributed by atoms with E-state index in [4.69, 9.17) is 5.11 Å². The first-order chi connectivity index (χ1) is 6.15. The Hall–Kier alpha value is -0.0800. The minimum absolute atomic E-state index is 0.250. The summed E-state index contributed by atoms with van der Waals surface area (Å²) in [7, 11) is 2.08. The maximum Gasteiger partial charge on any atom is 0.0402 e. The van der Waals surface area contributed by atoms with Crippen LogP contribution in [-0.2, 0) is 0 Å². The molecular formula is C11H25NO. The van der Waals surface area contributed by atoms with Crippen LogP contribution in [0, 0.1) is 11.8 Å². The Morgan fingerprint density at radius 3 is 2.15 bits per heavy atom. The summed E-state index contributed by atoms with van der Waals surface area (Å²) >= 11 is 0. The minimum atomic E-state index is 0.250. The Balaban J connectivity index is 0.000000424. The summed E-state index contributed by atoms with van der Waals surface area (Å²) < 4.78 is 0. The number of aliphatic hydroxyl groups is 1. The fraction of sp³-hybridized carbons (Fsp3) is 1.00. The quantitative estimate of drug-likeness (QED) is 0.708. The highest BCUT2D eigenvalue weighted by Crippen LogP contribution is 2.32. The van der Waals surface area contributed by atoms with Gasteiger partial charge in [-0.2, -0.15) is 0 Å². The first-order valence-electron chi connectivity index (χ1n) is 5.43. The zero-order valence-corrected chi connectivity index (χ0v) is 9.51. The van der Waals surface area contributed by atoms with Gasteiger partial charge in [0.15, 0.2) is 0 Å². The Labute approximate surface area is 82.7 Å². The van der Waals surface area contributed by atoms with Gasteiger partial charge >= 0.3 is 0 Å². The molecule has 1 saturated carbocycles. The monoisotopic (exact) mass is 187 g/mol. The van der Waals surface area contributed by atoms with E-state index < -0.39 is 0 Å². The van der Waals surface area contributed by atoms with Crippen LogP contribution < -0.4 is 5.32 Å². The number of hydrogen-bond donors (Lipinski definition) is 2. The molecule has 1 fully saturated rings. The smallest absolute Gasteiger partial charge is 0.0402 e. The lowest BCUT2D eigenvalue weighted by molar-refractivity contribution is 0.188. The van der Waals surface area contributed by atoms with Gasteiger partial charge in [0.2, 0.25) is 0 Å². The van der Waals surface area contributed by atoms with Crippen molar-refractivity contribution in [3.05, 3.63) is 0 Å². The molecule has 0 aromatic heterocycles. The van der Waals surface area contributed by atoms with E-state index in [1.165, 1.54) is 19.3 Å². The van der Waals surface area contributed by atoms with Gasteiger partial charge in [-0.05, 0) is 45.1 Å². The van der Waals surface area contributed by atoms with Gasteiger partial charge in [-0.15, -0.1) is 0 Å². The van der Waals surface area contributed by atoms with Crippen molar-refractivity contribution in [3.8, 4) is 0 Å². The van der Waals surface area contributed by atoms with Gasteiger partial charge in [-0.1, -0.05) is 13.8 Å². The SMILES string of the molecule is CCO.CNC1CCC1CC(C)C. The van der Waals surface area contributed by atoms with Gasteiger partial charge in [-0.3, -0.25) is 0 Å². The molecule has 0 amide bonds. The molecule has 2 atom stereocenters. The normalized spacial score (nSPS) is 26.3. The Morgan fingerprint density at radius 2 is 1.92 bits per heavy atom. The average molecular weight is 187 g/mol. The van der Waals surface area contributed by atoms with Gasteiger partial charge in [-0.25, -0.2) is 0 Å². The predicted molar refractivity (Wildman–Crippen MR) is 57.8 cm³/mol. The maximum absolute atomic E-state index is 7.57. The van der Waals surface area contributed by atoms with Crippen LogP contribution in [0.5, 0.6) is 0 Å². The molecule has 1 rings (SSSR count). The summed E-state index contributed by atoms with van der Waals surface area (Å²) in [5, 5.41) is 10.9. The van der Waals surface area contributed by atoms with Crippen molar-refractivity contribution in [2.24, 2.45) is 11.8 Å². The largest absolute Gasteiger partial charge is 0.397 e. The highest BCUT2D eigenvalue weighted by Gasteiger charge is 2.29. The number of nitrogens with one attached hydrogen (secondary N) is 1. The second-order valence-electron chi connectivity index (χ2n) is 4.18. The van der Waals surface area contributed by atoms with Crippen LogP contribution in [0.15, 0.2) is 0 Å². The van der Waals surface area contributed by atoms with Crippen molar-refractivity contribution in [1.82, 2.24) is 5.32 Å². The molecule has 2 unspecified atom stereocenters. The average Bonchev–Trinajstić information content (AvgIpc) is 2.01. The van der Waals surface area contributed by atoms with E-state index >= 15 is 0 Å². The van der Waals surface area contributed by atoms with Gasteiger partial charge in [0.05, 0.1) is 0 Å². The molecular weight excluding hydrogens is 162 g/mol. The van der Waals surface area contributed by atoms with E-state index in [1.807, 2.05) is 0 Å². The molecule has 0 saturated heterocycles. The second-order valence-corrected chi connectivity index (χ2v) is 4.18. The number of hydrogen-bond acceptors (Lipinski definition) is 2. The first kappa shape index (κ1) is 12.9. The molecule has 0 aromatic rings. The molecule has 1 aliphatic rings. The van der Waals surface area contributed by atoms with Gasteiger partial charge in [0, 0.05) is 12.6 Å². The van der Waals surface area contributed by atoms with Crippen LogP contribution in [0.3, 0.4) is 0 Å². The van der Waals surface area contributed by atoms with E-state index in [0.29, 0.717) is 0 Å². The van der Waals surface area contributed by atoms with Crippen molar-refractivity contribution in [1.29, 1.82) is 0 Å². The van der Waals surface area contributed by atoms with Crippen LogP contribution in [0.25, 0.3) is 0 Å². The van der Waals surface area contributed by atoms with E-state index in [-0.39, 0.29) is 6.61 Å². The topological polar surface area (TPSA) is 32.3 Å². The molecule has 1 aliphatic carbocycles. The first-order valence-corrected chi connectivity index (χ1v) is 5.43. The van der Waals surface area contributed by atoms with Gasteiger partial charge in [0.25, 0.3) is 0 Å². The Morgan fingerprint density at radius 1 is 1.38 bits per heavy atom. The van der Waals surface area contributed by atoms with Crippen LogP contribution in [0.4, 0.5) is 0 Å². The summed E-state index contributed by atoms with van der Waals surface area (Å²) in [5.74, 6) is 1.85. The van der Waals surface area contributed by atoms with Crippen LogP contribution in [0.2, 0.25) is 0 Å². The van der Waals surface area contributed by atoms with Crippen LogP contribution in [-0.4, -0.2) is 24.8 Å². The molecule has 0 bridgehead atoms. The van der Waals surface area contributed by atoms with Crippen molar-refractivity contribution >= 4 is 0 Å². The Kier molecular flexibility index (Phi) is 7.29. The fourth-order valence-electron chi connectivity index (χ4n) is 1.84. The van der Waals surface area contributed by atoms with Crippen molar-refractivity contribution in [2.45, 2.75) is 46.1 Å². The third-order valence-corrected chi connectivity index (χ3v) is 2.56. The molecule has 2 nitrogen and oxygen atoms in total. The Bertz CT molecular complexity index is 113. The number of aliphatic hydroxyl groups excluding tert-OH is 1. The lowest BCUT2D eigenvalue weighted by atomic mass is 9.75. The molecule has 0 heterocycles. The summed E-state index contributed by atoms with van der Waals surface area (Å²) in [6, 6.07) is 0.836. The third kappa shape index (κ3) is 5.27. The fourth-order valence-corrected chi connectivity index (χ4v) is 1.84. The van der Waals surface area contributed by atoms with Crippen LogP contribution in [0.1, 0.15) is 40.0 Å². The molecule has 0 aliphatic heterocycles. The number of rotatable bonds is 3. The molecule has 0 radical (unpaired) electrons. The zero-order valence-electron chi connectivity index (χ0n) is 9.51. The van der Waals surface area contributed by atoms with E-state index in [9.17, 15) is 0 Å². The third-order valence-electron chi connectivity index (χ3n) is 2.56. The molecule has 2 N–H and O–H groups in total. The van der Waals surface area contributed by atoms with E-state index in [0.717, 1.165) is 17.9 Å². The van der Waals surface area contributed by atoms with Crippen molar-refractivity contribution in [2.75, 3.05) is 13.7 Å². The highest BCUT2D eigenvalue weighted by atomic mass is 16.2. The summed E-state index contributed by atoms with van der Waals surface area (Å²) in [4.78, 5) is 0. The molecule has 0 spiro atoms. The summed E-state index contributed by atoms with van der Waals surface area (Å²) in [6.45, 7) is 6.55. The van der Waals surface area contributed by atoms with Crippen molar-refractivity contribution in [3.63, 3.8) is 0 Å². The maximum atomic E-state index is 7.57. The van der Waals surface area contributed by atoms with E-state index in [2.05, 4.69) is 26.2 Å². The standard InChI is InChI=1S/C9H19N.C2H6O/c1-7(2)6-8-4-5-9(8)10-3;1-2-3/h7-10H,4-6H2,1-3H3;3H,2H2,1H3. The van der Waals surface area contributed by atoms with Crippen molar-refractivity contribution < 1.29 is 5.11 Å². The summed E-state index contributed by atoms with van der Waals surface area (Å²) in [6.07, 6.45) is 4.25. The minimum Gasteiger partial charge on any atom is -0.397 e.